The first-order valence-electron chi connectivity index (χ1n) is 3.00. The second-order valence-electron chi connectivity index (χ2n) is 2.30. The molecule has 0 amide bonds. The van der Waals surface area contributed by atoms with Gasteiger partial charge in [0.2, 0.25) is 0 Å². The third kappa shape index (κ3) is 1.86. The standard InChI is InChI=1S/C6H9ClO2/c1-4(8)9-6-2-5(7)3-6/h5-6H,2-3H2,1H3. The quantitative estimate of drug-likeness (QED) is 0.414. The third-order valence-corrected chi connectivity index (χ3v) is 1.73. The normalized spacial score (nSPS) is 33.1. The maximum Gasteiger partial charge on any atom is 0.302 e. The van der Waals surface area contributed by atoms with Gasteiger partial charge in [0.1, 0.15) is 6.10 Å². The topological polar surface area (TPSA) is 26.3 Å². The lowest BCUT2D eigenvalue weighted by Gasteiger charge is -2.29. The summed E-state index contributed by atoms with van der Waals surface area (Å²) >= 11 is 5.64. The van der Waals surface area contributed by atoms with Crippen molar-refractivity contribution in [3.05, 3.63) is 0 Å². The predicted molar refractivity (Wildman–Crippen MR) is 34.4 cm³/mol. The van der Waals surface area contributed by atoms with Gasteiger partial charge in [0.05, 0.1) is 0 Å². The number of alkyl halides is 1. The molecule has 9 heavy (non-hydrogen) atoms. The third-order valence-electron chi connectivity index (χ3n) is 1.37. The van der Waals surface area contributed by atoms with Crippen LogP contribution in [0.1, 0.15) is 19.8 Å². The first kappa shape index (κ1) is 6.87. The van der Waals surface area contributed by atoms with Crippen LogP contribution in [-0.2, 0) is 9.53 Å². The molecule has 0 radical (unpaired) electrons. The summed E-state index contributed by atoms with van der Waals surface area (Å²) in [6.45, 7) is 1.42. The van der Waals surface area contributed by atoms with E-state index in [1.54, 1.807) is 0 Å². The number of hydrogen-bond acceptors (Lipinski definition) is 2. The van der Waals surface area contributed by atoms with Gasteiger partial charge in [-0.05, 0) is 0 Å². The van der Waals surface area contributed by atoms with Crippen LogP contribution in [0.15, 0.2) is 0 Å². The molecule has 0 spiro atoms. The molecule has 1 rings (SSSR count). The van der Waals surface area contributed by atoms with Crippen molar-refractivity contribution in [3.63, 3.8) is 0 Å². The van der Waals surface area contributed by atoms with Crippen molar-refractivity contribution in [1.82, 2.24) is 0 Å². The molecule has 0 atom stereocenters. The molecule has 1 aliphatic carbocycles. The highest BCUT2D eigenvalue weighted by atomic mass is 35.5. The van der Waals surface area contributed by atoms with E-state index in [1.807, 2.05) is 0 Å². The van der Waals surface area contributed by atoms with Crippen molar-refractivity contribution in [2.45, 2.75) is 31.2 Å². The molecule has 0 heterocycles. The van der Waals surface area contributed by atoms with Crippen LogP contribution in [0.25, 0.3) is 0 Å². The number of esters is 1. The van der Waals surface area contributed by atoms with Gasteiger partial charge in [0.15, 0.2) is 0 Å². The Balaban J connectivity index is 2.11. The highest BCUT2D eigenvalue weighted by Gasteiger charge is 2.29. The summed E-state index contributed by atoms with van der Waals surface area (Å²) in [5.41, 5.74) is 0. The zero-order chi connectivity index (χ0) is 6.85. The smallest absolute Gasteiger partial charge is 0.302 e. The molecule has 0 aromatic heterocycles. The van der Waals surface area contributed by atoms with E-state index in [-0.39, 0.29) is 17.5 Å². The summed E-state index contributed by atoms with van der Waals surface area (Å²) in [6.07, 6.45) is 1.74. The zero-order valence-corrected chi connectivity index (χ0v) is 6.02. The van der Waals surface area contributed by atoms with Crippen LogP contribution in [0, 0.1) is 0 Å². The minimum absolute atomic E-state index is 0.102. The zero-order valence-electron chi connectivity index (χ0n) is 5.26. The minimum Gasteiger partial charge on any atom is -0.462 e. The molecule has 1 fully saturated rings. The molecule has 0 aromatic carbocycles. The lowest BCUT2D eigenvalue weighted by atomic mass is 9.95. The van der Waals surface area contributed by atoms with Gasteiger partial charge in [0, 0.05) is 25.1 Å². The molecule has 0 aliphatic heterocycles. The van der Waals surface area contributed by atoms with E-state index in [2.05, 4.69) is 0 Å². The van der Waals surface area contributed by atoms with E-state index in [0.29, 0.717) is 0 Å². The Labute approximate surface area is 59.1 Å². The fourth-order valence-corrected chi connectivity index (χ4v) is 1.23. The Morgan fingerprint density at radius 1 is 1.67 bits per heavy atom. The summed E-state index contributed by atoms with van der Waals surface area (Å²) in [5, 5.41) is 0.231. The van der Waals surface area contributed by atoms with Crippen LogP contribution in [0.4, 0.5) is 0 Å². The van der Waals surface area contributed by atoms with Gasteiger partial charge < -0.3 is 4.74 Å². The van der Waals surface area contributed by atoms with Crippen molar-refractivity contribution in [2.75, 3.05) is 0 Å². The summed E-state index contributed by atoms with van der Waals surface area (Å²) < 4.78 is 4.83. The summed E-state index contributed by atoms with van der Waals surface area (Å²) in [4.78, 5) is 10.3. The van der Waals surface area contributed by atoms with Crippen molar-refractivity contribution < 1.29 is 9.53 Å². The van der Waals surface area contributed by atoms with Gasteiger partial charge in [-0.2, -0.15) is 0 Å². The van der Waals surface area contributed by atoms with Gasteiger partial charge >= 0.3 is 5.97 Å². The molecule has 52 valence electrons. The molecule has 0 unspecified atom stereocenters. The molecule has 0 aromatic rings. The first-order chi connectivity index (χ1) is 4.18. The van der Waals surface area contributed by atoms with E-state index in [1.165, 1.54) is 6.92 Å². The number of carbonyl (C=O) groups excluding carboxylic acids is 1. The number of carbonyl (C=O) groups is 1. The molecule has 0 saturated heterocycles. The average molecular weight is 149 g/mol. The van der Waals surface area contributed by atoms with E-state index in [9.17, 15) is 4.79 Å². The fourth-order valence-electron chi connectivity index (χ4n) is 0.832. The second-order valence-corrected chi connectivity index (χ2v) is 2.92. The molecule has 1 saturated carbocycles. The first-order valence-corrected chi connectivity index (χ1v) is 3.43. The fraction of sp³-hybridized carbons (Fsp3) is 0.833. The molecule has 0 N–H and O–H groups in total. The van der Waals surface area contributed by atoms with Crippen molar-refractivity contribution >= 4 is 17.6 Å². The van der Waals surface area contributed by atoms with Crippen LogP contribution >= 0.6 is 11.6 Å². The molecule has 2 nitrogen and oxygen atoms in total. The molecular formula is C6H9ClO2. The van der Waals surface area contributed by atoms with Crippen molar-refractivity contribution in [1.29, 1.82) is 0 Å². The van der Waals surface area contributed by atoms with Crippen molar-refractivity contribution in [3.8, 4) is 0 Å². The lowest BCUT2D eigenvalue weighted by Crippen LogP contribution is -2.33. The van der Waals surface area contributed by atoms with E-state index >= 15 is 0 Å². The highest BCUT2D eigenvalue weighted by molar-refractivity contribution is 6.21. The number of halogens is 1. The van der Waals surface area contributed by atoms with Gasteiger partial charge in [-0.3, -0.25) is 4.79 Å². The molecule has 0 bridgehead atoms. The van der Waals surface area contributed by atoms with Crippen LogP contribution in [0.3, 0.4) is 0 Å². The van der Waals surface area contributed by atoms with Crippen molar-refractivity contribution in [2.24, 2.45) is 0 Å². The van der Waals surface area contributed by atoms with Gasteiger partial charge in [-0.1, -0.05) is 0 Å². The van der Waals surface area contributed by atoms with Crippen LogP contribution in [-0.4, -0.2) is 17.5 Å². The number of rotatable bonds is 1. The summed E-state index contributed by atoms with van der Waals surface area (Å²) in [6, 6.07) is 0. The van der Waals surface area contributed by atoms with E-state index < -0.39 is 0 Å². The van der Waals surface area contributed by atoms with Gasteiger partial charge in [-0.25, -0.2) is 0 Å². The maximum atomic E-state index is 10.3. The Morgan fingerprint density at radius 2 is 2.22 bits per heavy atom. The molecular weight excluding hydrogens is 140 g/mol. The number of hydrogen-bond donors (Lipinski definition) is 0. The van der Waals surface area contributed by atoms with E-state index in [4.69, 9.17) is 16.3 Å². The second kappa shape index (κ2) is 2.56. The Morgan fingerprint density at radius 3 is 2.56 bits per heavy atom. The van der Waals surface area contributed by atoms with Crippen LogP contribution in [0.5, 0.6) is 0 Å². The Bertz CT molecular complexity index is 118. The summed E-state index contributed by atoms with van der Waals surface area (Å²) in [7, 11) is 0. The molecule has 1 aliphatic rings. The summed E-state index contributed by atoms with van der Waals surface area (Å²) in [5.74, 6) is -0.205. The molecule has 3 heteroatoms. The predicted octanol–water partition coefficient (Wildman–Crippen LogP) is 1.32. The number of ether oxygens (including phenoxy) is 1. The average Bonchev–Trinajstić information content (AvgIpc) is 1.60. The minimum atomic E-state index is -0.205. The monoisotopic (exact) mass is 148 g/mol. The van der Waals surface area contributed by atoms with Crippen LogP contribution < -0.4 is 0 Å². The SMILES string of the molecule is CC(=O)OC1CC(Cl)C1. The van der Waals surface area contributed by atoms with Crippen LogP contribution in [0.2, 0.25) is 0 Å². The Hall–Kier alpha value is -0.240. The van der Waals surface area contributed by atoms with Gasteiger partial charge in [-0.15, -0.1) is 11.6 Å². The maximum absolute atomic E-state index is 10.3. The largest absolute Gasteiger partial charge is 0.462 e. The van der Waals surface area contributed by atoms with Gasteiger partial charge in [0.25, 0.3) is 0 Å². The lowest BCUT2D eigenvalue weighted by molar-refractivity contribution is -0.149. The highest BCUT2D eigenvalue weighted by Crippen LogP contribution is 2.27. The Kier molecular flexibility index (Phi) is 1.96. The van der Waals surface area contributed by atoms with E-state index in [0.717, 1.165) is 12.8 Å².